The van der Waals surface area contributed by atoms with E-state index in [2.05, 4.69) is 20.9 Å². The smallest absolute Gasteiger partial charge is 0.319 e. The first-order valence-corrected chi connectivity index (χ1v) is 8.08. The maximum absolute atomic E-state index is 12.0. The van der Waals surface area contributed by atoms with Crippen LogP contribution >= 0.6 is 0 Å². The molecule has 0 bridgehead atoms. The van der Waals surface area contributed by atoms with Crippen molar-refractivity contribution >= 4 is 23.3 Å². The molecule has 0 unspecified atom stereocenters. The molecule has 0 radical (unpaired) electrons. The molecule has 1 aromatic heterocycles. The molecule has 2 heterocycles. The predicted molar refractivity (Wildman–Crippen MR) is 93.0 cm³/mol. The van der Waals surface area contributed by atoms with Gasteiger partial charge in [-0.3, -0.25) is 9.78 Å². The van der Waals surface area contributed by atoms with Crippen molar-refractivity contribution in [2.45, 2.75) is 25.7 Å². The number of aryl methyl sites for hydroxylation is 1. The van der Waals surface area contributed by atoms with Crippen molar-refractivity contribution in [2.24, 2.45) is 0 Å². The van der Waals surface area contributed by atoms with Crippen LogP contribution in [0.25, 0.3) is 0 Å². The summed E-state index contributed by atoms with van der Waals surface area (Å²) in [7, 11) is 0. The minimum Gasteiger partial charge on any atom is -0.337 e. The third-order valence-electron chi connectivity index (χ3n) is 3.88. The second-order valence-corrected chi connectivity index (χ2v) is 5.73. The van der Waals surface area contributed by atoms with Crippen molar-refractivity contribution < 1.29 is 9.59 Å². The molecule has 6 heteroatoms. The molecule has 1 aliphatic heterocycles. The van der Waals surface area contributed by atoms with E-state index in [0.29, 0.717) is 19.4 Å². The van der Waals surface area contributed by atoms with Crippen LogP contribution in [-0.4, -0.2) is 23.5 Å². The van der Waals surface area contributed by atoms with Gasteiger partial charge >= 0.3 is 6.03 Å². The topological polar surface area (TPSA) is 83.1 Å². The lowest BCUT2D eigenvalue weighted by Crippen LogP contribution is -2.30. The van der Waals surface area contributed by atoms with Crippen molar-refractivity contribution in [3.05, 3.63) is 53.9 Å². The Hall–Kier alpha value is -2.89. The van der Waals surface area contributed by atoms with E-state index in [1.807, 2.05) is 30.3 Å². The molecule has 3 rings (SSSR count). The molecule has 1 aliphatic rings. The fourth-order valence-electron chi connectivity index (χ4n) is 2.68. The average Bonchev–Trinajstić information content (AvgIpc) is 2.76. The van der Waals surface area contributed by atoms with Crippen LogP contribution in [0.1, 0.15) is 24.1 Å². The number of rotatable bonds is 4. The van der Waals surface area contributed by atoms with E-state index < -0.39 is 0 Å². The highest BCUT2D eigenvalue weighted by atomic mass is 16.2. The first-order valence-electron chi connectivity index (χ1n) is 8.08. The second kappa shape index (κ2) is 7.59. The summed E-state index contributed by atoms with van der Waals surface area (Å²) >= 11 is 0. The molecule has 0 saturated carbocycles. The third kappa shape index (κ3) is 4.32. The van der Waals surface area contributed by atoms with Crippen LogP contribution in [0.3, 0.4) is 0 Å². The number of anilines is 2. The predicted octanol–water partition coefficient (Wildman–Crippen LogP) is 2.72. The number of pyridine rings is 1. The highest BCUT2D eigenvalue weighted by Crippen LogP contribution is 2.25. The number of aromatic nitrogens is 1. The third-order valence-corrected chi connectivity index (χ3v) is 3.88. The van der Waals surface area contributed by atoms with Gasteiger partial charge in [0.2, 0.25) is 5.91 Å². The highest BCUT2D eigenvalue weighted by molar-refractivity contribution is 5.94. The van der Waals surface area contributed by atoms with Gasteiger partial charge in [0.05, 0.1) is 0 Å². The Morgan fingerprint density at radius 1 is 1.21 bits per heavy atom. The van der Waals surface area contributed by atoms with Crippen LogP contribution in [0.15, 0.2) is 42.6 Å². The first kappa shape index (κ1) is 16.0. The minimum atomic E-state index is -0.247. The molecule has 0 spiro atoms. The van der Waals surface area contributed by atoms with Gasteiger partial charge in [-0.05, 0) is 48.7 Å². The molecule has 0 atom stereocenters. The lowest BCUT2D eigenvalue weighted by Gasteiger charge is -2.11. The van der Waals surface area contributed by atoms with Crippen LogP contribution in [0, 0.1) is 0 Å². The van der Waals surface area contributed by atoms with Gasteiger partial charge in [0.25, 0.3) is 0 Å². The number of carbonyl (C=O) groups excluding carboxylic acids is 2. The Morgan fingerprint density at radius 2 is 2.12 bits per heavy atom. The molecule has 3 amide bonds. The molecular formula is C18H20N4O2. The molecule has 0 saturated heterocycles. The Labute approximate surface area is 140 Å². The van der Waals surface area contributed by atoms with Crippen LogP contribution in [0.4, 0.5) is 16.2 Å². The Morgan fingerprint density at radius 3 is 2.96 bits per heavy atom. The van der Waals surface area contributed by atoms with Gasteiger partial charge in [0.1, 0.15) is 0 Å². The summed E-state index contributed by atoms with van der Waals surface area (Å²) in [5, 5.41) is 8.53. The molecule has 0 fully saturated rings. The van der Waals surface area contributed by atoms with E-state index in [1.165, 1.54) is 0 Å². The summed E-state index contributed by atoms with van der Waals surface area (Å²) < 4.78 is 0. The zero-order chi connectivity index (χ0) is 16.8. The lowest BCUT2D eigenvalue weighted by molar-refractivity contribution is -0.116. The summed E-state index contributed by atoms with van der Waals surface area (Å²) in [6.45, 7) is 0.518. The summed E-state index contributed by atoms with van der Waals surface area (Å²) in [4.78, 5) is 27.7. The van der Waals surface area contributed by atoms with Crippen molar-refractivity contribution in [3.63, 3.8) is 0 Å². The van der Waals surface area contributed by atoms with Crippen molar-refractivity contribution in [1.82, 2.24) is 10.3 Å². The molecule has 6 nitrogen and oxygen atoms in total. The monoisotopic (exact) mass is 324 g/mol. The number of hydrogen-bond donors (Lipinski definition) is 3. The zero-order valence-corrected chi connectivity index (χ0v) is 13.3. The molecular weight excluding hydrogens is 304 g/mol. The highest BCUT2D eigenvalue weighted by Gasteiger charge is 2.13. The second-order valence-electron chi connectivity index (χ2n) is 5.73. The molecule has 2 aromatic rings. The minimum absolute atomic E-state index is 0.0433. The lowest BCUT2D eigenvalue weighted by atomic mass is 10.1. The zero-order valence-electron chi connectivity index (χ0n) is 13.3. The van der Waals surface area contributed by atoms with Crippen molar-refractivity contribution in [3.8, 4) is 0 Å². The standard InChI is InChI=1S/C18H20N4O2/c23-17-6-3-4-13-12-15(7-8-16(13)22-17)21-18(24)20-11-9-14-5-1-2-10-19-14/h1-2,5,7-8,10,12H,3-4,6,9,11H2,(H,22,23)(H2,20,21,24). The number of carbonyl (C=O) groups is 2. The van der Waals surface area contributed by atoms with Crippen LogP contribution in [0.2, 0.25) is 0 Å². The molecule has 124 valence electrons. The summed E-state index contributed by atoms with van der Waals surface area (Å²) in [6, 6.07) is 11.0. The summed E-state index contributed by atoms with van der Waals surface area (Å²) in [5.74, 6) is 0.0433. The van der Waals surface area contributed by atoms with E-state index in [9.17, 15) is 9.59 Å². The Bertz CT molecular complexity index is 731. The maximum atomic E-state index is 12.0. The first-order chi connectivity index (χ1) is 11.7. The van der Waals surface area contributed by atoms with Gasteiger partial charge in [0.15, 0.2) is 0 Å². The van der Waals surface area contributed by atoms with Gasteiger partial charge in [-0.1, -0.05) is 6.07 Å². The van der Waals surface area contributed by atoms with Crippen molar-refractivity contribution in [1.29, 1.82) is 0 Å². The summed E-state index contributed by atoms with van der Waals surface area (Å²) in [6.07, 6.45) is 4.60. The SMILES string of the molecule is O=C1CCCc2cc(NC(=O)NCCc3ccccn3)ccc2N1. The average molecular weight is 324 g/mol. The van der Waals surface area contributed by atoms with Crippen LogP contribution in [0.5, 0.6) is 0 Å². The molecule has 1 aromatic carbocycles. The van der Waals surface area contributed by atoms with Gasteiger partial charge in [-0.2, -0.15) is 0 Å². The van der Waals surface area contributed by atoms with E-state index in [1.54, 1.807) is 12.3 Å². The summed E-state index contributed by atoms with van der Waals surface area (Å²) in [5.41, 5.74) is 3.55. The number of fused-ring (bicyclic) bond motifs is 1. The van der Waals surface area contributed by atoms with Gasteiger partial charge in [-0.25, -0.2) is 4.79 Å². The van der Waals surface area contributed by atoms with E-state index in [4.69, 9.17) is 0 Å². The number of hydrogen-bond acceptors (Lipinski definition) is 3. The quantitative estimate of drug-likeness (QED) is 0.808. The Balaban J connectivity index is 1.53. The Kier molecular flexibility index (Phi) is 5.05. The molecule has 3 N–H and O–H groups in total. The number of nitrogens with zero attached hydrogens (tertiary/aromatic N) is 1. The van der Waals surface area contributed by atoms with Gasteiger partial charge < -0.3 is 16.0 Å². The van der Waals surface area contributed by atoms with Crippen molar-refractivity contribution in [2.75, 3.05) is 17.2 Å². The maximum Gasteiger partial charge on any atom is 0.319 e. The normalized spacial score (nSPS) is 13.4. The van der Waals surface area contributed by atoms with E-state index >= 15 is 0 Å². The molecule has 24 heavy (non-hydrogen) atoms. The van der Waals surface area contributed by atoms with Gasteiger partial charge in [0, 0.05) is 42.7 Å². The number of amides is 3. The fraction of sp³-hybridized carbons (Fsp3) is 0.278. The van der Waals surface area contributed by atoms with E-state index in [0.717, 1.165) is 35.5 Å². The fourth-order valence-corrected chi connectivity index (χ4v) is 2.68. The van der Waals surface area contributed by atoms with E-state index in [-0.39, 0.29) is 11.9 Å². The van der Waals surface area contributed by atoms with Crippen LogP contribution in [-0.2, 0) is 17.6 Å². The molecule has 0 aliphatic carbocycles. The van der Waals surface area contributed by atoms with Crippen LogP contribution < -0.4 is 16.0 Å². The number of urea groups is 1. The number of nitrogens with one attached hydrogen (secondary N) is 3. The largest absolute Gasteiger partial charge is 0.337 e. The van der Waals surface area contributed by atoms with Gasteiger partial charge in [-0.15, -0.1) is 0 Å². The number of benzene rings is 1.